The number of benzene rings is 2. The van der Waals surface area contributed by atoms with E-state index < -0.39 is 0 Å². The van der Waals surface area contributed by atoms with Gasteiger partial charge in [-0.2, -0.15) is 0 Å². The largest absolute Gasteiger partial charge is 0.457 e. The van der Waals surface area contributed by atoms with Gasteiger partial charge in [0.05, 0.1) is 13.2 Å². The lowest BCUT2D eigenvalue weighted by Crippen LogP contribution is -2.50. The first-order valence-electron chi connectivity index (χ1n) is 11.4. The van der Waals surface area contributed by atoms with Gasteiger partial charge in [-0.25, -0.2) is 0 Å². The van der Waals surface area contributed by atoms with Crippen LogP contribution in [0.3, 0.4) is 0 Å². The van der Waals surface area contributed by atoms with Crippen molar-refractivity contribution in [3.8, 4) is 11.5 Å². The lowest BCUT2D eigenvalue weighted by molar-refractivity contribution is 0.00157. The SMILES string of the molecule is CSc1ccc(Oc2ccc(C(=O)N3CCC(N4CCOCC4)CC3)c(CN)c2C)cc1. The zero-order chi connectivity index (χ0) is 22.5. The normalized spacial score (nSPS) is 18.0. The van der Waals surface area contributed by atoms with Crippen LogP contribution in [0.1, 0.15) is 34.3 Å². The van der Waals surface area contributed by atoms with E-state index in [9.17, 15) is 4.79 Å². The molecule has 4 rings (SSSR count). The number of piperidine rings is 1. The maximum absolute atomic E-state index is 13.3. The van der Waals surface area contributed by atoms with Crippen LogP contribution in [0.15, 0.2) is 41.3 Å². The number of carbonyl (C=O) groups excluding carboxylic acids is 1. The molecule has 0 aliphatic carbocycles. The average Bonchev–Trinajstić information content (AvgIpc) is 2.86. The molecule has 2 fully saturated rings. The fraction of sp³-hybridized carbons (Fsp3) is 0.480. The van der Waals surface area contributed by atoms with Crippen molar-refractivity contribution in [1.82, 2.24) is 9.80 Å². The van der Waals surface area contributed by atoms with Crippen molar-refractivity contribution < 1.29 is 14.3 Å². The summed E-state index contributed by atoms with van der Waals surface area (Å²) in [5.74, 6) is 1.59. The third-order valence-electron chi connectivity index (χ3n) is 6.58. The molecule has 0 saturated carbocycles. The molecule has 2 heterocycles. The monoisotopic (exact) mass is 455 g/mol. The van der Waals surface area contributed by atoms with E-state index in [0.29, 0.717) is 18.2 Å². The molecule has 2 aromatic rings. The highest BCUT2D eigenvalue weighted by Crippen LogP contribution is 2.31. The Bertz CT molecular complexity index is 921. The Morgan fingerprint density at radius 1 is 1.09 bits per heavy atom. The molecule has 2 aromatic carbocycles. The smallest absolute Gasteiger partial charge is 0.254 e. The molecule has 1 amide bonds. The average molecular weight is 456 g/mol. The van der Waals surface area contributed by atoms with Gasteiger partial charge in [0.25, 0.3) is 5.91 Å². The number of rotatable bonds is 6. The summed E-state index contributed by atoms with van der Waals surface area (Å²) in [6, 6.07) is 12.3. The highest BCUT2D eigenvalue weighted by Gasteiger charge is 2.29. The van der Waals surface area contributed by atoms with Crippen molar-refractivity contribution >= 4 is 17.7 Å². The van der Waals surface area contributed by atoms with E-state index >= 15 is 0 Å². The molecule has 6 nitrogen and oxygen atoms in total. The second-order valence-electron chi connectivity index (χ2n) is 8.37. The van der Waals surface area contributed by atoms with Crippen molar-refractivity contribution in [2.24, 2.45) is 5.73 Å². The van der Waals surface area contributed by atoms with Gasteiger partial charge in [-0.1, -0.05) is 0 Å². The van der Waals surface area contributed by atoms with E-state index in [0.717, 1.165) is 74.9 Å². The number of thioether (sulfide) groups is 1. The lowest BCUT2D eigenvalue weighted by atomic mass is 9.97. The Morgan fingerprint density at radius 3 is 2.41 bits per heavy atom. The molecule has 0 unspecified atom stereocenters. The Labute approximate surface area is 195 Å². The van der Waals surface area contributed by atoms with E-state index in [1.54, 1.807) is 11.8 Å². The van der Waals surface area contributed by atoms with E-state index in [1.165, 1.54) is 4.90 Å². The first kappa shape index (κ1) is 23.1. The summed E-state index contributed by atoms with van der Waals surface area (Å²) in [4.78, 5) is 19.0. The number of hydrogen-bond donors (Lipinski definition) is 1. The van der Waals surface area contributed by atoms with E-state index in [1.807, 2.05) is 54.5 Å². The van der Waals surface area contributed by atoms with E-state index in [2.05, 4.69) is 4.90 Å². The molecule has 0 spiro atoms. The van der Waals surface area contributed by atoms with Crippen LogP contribution in [0.25, 0.3) is 0 Å². The maximum Gasteiger partial charge on any atom is 0.254 e. The fourth-order valence-electron chi connectivity index (χ4n) is 4.63. The number of morpholine rings is 1. The van der Waals surface area contributed by atoms with E-state index in [4.69, 9.17) is 15.2 Å². The van der Waals surface area contributed by atoms with Gasteiger partial charge in [-0.15, -0.1) is 11.8 Å². The van der Waals surface area contributed by atoms with Crippen LogP contribution in [0.2, 0.25) is 0 Å². The van der Waals surface area contributed by atoms with Crippen LogP contribution >= 0.6 is 11.8 Å². The third kappa shape index (κ3) is 5.12. The minimum absolute atomic E-state index is 0.0739. The predicted molar refractivity (Wildman–Crippen MR) is 129 cm³/mol. The number of nitrogens with zero attached hydrogens (tertiary/aromatic N) is 2. The van der Waals surface area contributed by atoms with Gasteiger partial charge < -0.3 is 20.1 Å². The summed E-state index contributed by atoms with van der Waals surface area (Å²) >= 11 is 1.70. The summed E-state index contributed by atoms with van der Waals surface area (Å²) < 4.78 is 11.6. The zero-order valence-corrected chi connectivity index (χ0v) is 19.8. The standard InChI is InChI=1S/C25H33N3O3S/c1-18-23(17-26)22(7-8-24(18)31-20-3-5-21(32-2)6-4-20)25(29)28-11-9-19(10-12-28)27-13-15-30-16-14-27/h3-8,19H,9-17,26H2,1-2H3. The Balaban J connectivity index is 1.44. The highest BCUT2D eigenvalue weighted by molar-refractivity contribution is 7.98. The molecular weight excluding hydrogens is 422 g/mol. The molecule has 2 aliphatic rings. The molecule has 2 aliphatic heterocycles. The minimum atomic E-state index is 0.0739. The summed E-state index contributed by atoms with van der Waals surface area (Å²) in [6.07, 6.45) is 4.07. The minimum Gasteiger partial charge on any atom is -0.457 e. The second kappa shape index (κ2) is 10.7. The molecule has 32 heavy (non-hydrogen) atoms. The number of carbonyl (C=O) groups is 1. The molecular formula is C25H33N3O3S. The van der Waals surface area contributed by atoms with Crippen LogP contribution in [0.5, 0.6) is 11.5 Å². The fourth-order valence-corrected chi connectivity index (χ4v) is 5.04. The zero-order valence-electron chi connectivity index (χ0n) is 19.0. The van der Waals surface area contributed by atoms with E-state index in [-0.39, 0.29) is 5.91 Å². The first-order chi connectivity index (χ1) is 15.6. The molecule has 7 heteroatoms. The van der Waals surface area contributed by atoms with Gasteiger partial charge in [-0.3, -0.25) is 9.69 Å². The number of hydrogen-bond acceptors (Lipinski definition) is 6. The predicted octanol–water partition coefficient (Wildman–Crippen LogP) is 3.90. The summed E-state index contributed by atoms with van der Waals surface area (Å²) in [6.45, 7) is 7.47. The highest BCUT2D eigenvalue weighted by atomic mass is 32.2. The molecule has 2 N–H and O–H groups in total. The van der Waals surface area contributed by atoms with Crippen molar-refractivity contribution in [3.05, 3.63) is 53.1 Å². The Kier molecular flexibility index (Phi) is 7.73. The van der Waals surface area contributed by atoms with Crippen LogP contribution in [-0.4, -0.2) is 67.4 Å². The molecule has 0 bridgehead atoms. The van der Waals surface area contributed by atoms with Gasteiger partial charge in [0.2, 0.25) is 0 Å². The summed E-state index contributed by atoms with van der Waals surface area (Å²) in [7, 11) is 0. The number of nitrogens with two attached hydrogens (primary N) is 1. The first-order valence-corrected chi connectivity index (χ1v) is 12.6. The van der Waals surface area contributed by atoms with Crippen molar-refractivity contribution in [2.45, 2.75) is 37.2 Å². The van der Waals surface area contributed by atoms with Gasteiger partial charge in [0.15, 0.2) is 0 Å². The molecule has 0 atom stereocenters. The molecule has 0 radical (unpaired) electrons. The van der Waals surface area contributed by atoms with Gasteiger partial charge in [0.1, 0.15) is 11.5 Å². The van der Waals surface area contributed by atoms with Crippen molar-refractivity contribution in [2.75, 3.05) is 45.6 Å². The van der Waals surface area contributed by atoms with Crippen LogP contribution in [0, 0.1) is 6.92 Å². The van der Waals surface area contributed by atoms with Crippen molar-refractivity contribution in [1.29, 1.82) is 0 Å². The quantitative estimate of drug-likeness (QED) is 0.667. The van der Waals surface area contributed by atoms with Crippen LogP contribution < -0.4 is 10.5 Å². The number of ether oxygens (including phenoxy) is 2. The molecule has 0 aromatic heterocycles. The summed E-state index contributed by atoms with van der Waals surface area (Å²) in [5.41, 5.74) is 8.58. The third-order valence-corrected chi connectivity index (χ3v) is 7.33. The molecule has 172 valence electrons. The van der Waals surface area contributed by atoms with Crippen LogP contribution in [0.4, 0.5) is 0 Å². The lowest BCUT2D eigenvalue weighted by Gasteiger charge is -2.40. The van der Waals surface area contributed by atoms with Crippen molar-refractivity contribution in [3.63, 3.8) is 0 Å². The molecule has 2 saturated heterocycles. The number of likely N-dealkylation sites (tertiary alicyclic amines) is 1. The van der Waals surface area contributed by atoms with Crippen LogP contribution in [-0.2, 0) is 11.3 Å². The summed E-state index contributed by atoms with van der Waals surface area (Å²) in [5, 5.41) is 0. The number of amides is 1. The Morgan fingerprint density at radius 2 is 1.78 bits per heavy atom. The van der Waals surface area contributed by atoms with Gasteiger partial charge in [0, 0.05) is 49.2 Å². The topological polar surface area (TPSA) is 68.0 Å². The second-order valence-corrected chi connectivity index (χ2v) is 9.25. The Hall–Kier alpha value is -2.06. The van der Waals surface area contributed by atoms with Gasteiger partial charge >= 0.3 is 0 Å². The van der Waals surface area contributed by atoms with Gasteiger partial charge in [-0.05, 0) is 73.5 Å². The maximum atomic E-state index is 13.3.